The summed E-state index contributed by atoms with van der Waals surface area (Å²) in [6.45, 7) is 13.7. The van der Waals surface area contributed by atoms with Crippen LogP contribution >= 0.6 is 0 Å². The van der Waals surface area contributed by atoms with Gasteiger partial charge in [-0.15, -0.1) is 0 Å². The molecule has 0 aromatic heterocycles. The molecule has 0 aliphatic carbocycles. The quantitative estimate of drug-likeness (QED) is 0.617. The van der Waals surface area contributed by atoms with Gasteiger partial charge < -0.3 is 10.1 Å². The highest BCUT2D eigenvalue weighted by Gasteiger charge is 1.98. The maximum absolute atomic E-state index is 5.40. The van der Waals surface area contributed by atoms with Crippen molar-refractivity contribution in [1.29, 1.82) is 0 Å². The van der Waals surface area contributed by atoms with E-state index in [2.05, 4.69) is 25.7 Å². The first-order valence-electron chi connectivity index (χ1n) is 4.54. The molecule has 12 heavy (non-hydrogen) atoms. The number of nitrogens with one attached hydrogen (secondary N) is 1. The van der Waals surface area contributed by atoms with Gasteiger partial charge in [-0.25, -0.2) is 0 Å². The van der Waals surface area contributed by atoms with E-state index in [1.54, 1.807) is 0 Å². The highest BCUT2D eigenvalue weighted by Crippen LogP contribution is 1.94. The Morgan fingerprint density at radius 3 is 2.33 bits per heavy atom. The third-order valence-corrected chi connectivity index (χ3v) is 1.38. The van der Waals surface area contributed by atoms with E-state index < -0.39 is 0 Å². The van der Waals surface area contributed by atoms with Gasteiger partial charge in [-0.3, -0.25) is 0 Å². The fourth-order valence-corrected chi connectivity index (χ4v) is 0.684. The molecule has 0 saturated carbocycles. The van der Waals surface area contributed by atoms with Gasteiger partial charge in [-0.05, 0) is 19.4 Å². The van der Waals surface area contributed by atoms with E-state index in [9.17, 15) is 0 Å². The standard InChI is InChI=1S/C10H21NO/c1-8(2)11-6-10(5)7-12-9(3)4/h8-9,11H,5-7H2,1-4H3. The minimum atomic E-state index is 0.292. The molecule has 72 valence electrons. The van der Waals surface area contributed by atoms with Crippen molar-refractivity contribution in [1.82, 2.24) is 5.32 Å². The summed E-state index contributed by atoms with van der Waals surface area (Å²) < 4.78 is 5.40. The van der Waals surface area contributed by atoms with Gasteiger partial charge in [0.2, 0.25) is 0 Å². The lowest BCUT2D eigenvalue weighted by Gasteiger charge is -2.12. The first kappa shape index (κ1) is 11.7. The third-order valence-electron chi connectivity index (χ3n) is 1.38. The third kappa shape index (κ3) is 7.76. The van der Waals surface area contributed by atoms with E-state index in [1.165, 1.54) is 0 Å². The van der Waals surface area contributed by atoms with Gasteiger partial charge >= 0.3 is 0 Å². The lowest BCUT2D eigenvalue weighted by molar-refractivity contribution is 0.0963. The van der Waals surface area contributed by atoms with Crippen LogP contribution in [0.25, 0.3) is 0 Å². The van der Waals surface area contributed by atoms with Crippen LogP contribution in [-0.2, 0) is 4.74 Å². The molecule has 0 spiro atoms. The predicted octanol–water partition coefficient (Wildman–Crippen LogP) is 1.97. The van der Waals surface area contributed by atoms with Crippen LogP contribution in [0.5, 0.6) is 0 Å². The smallest absolute Gasteiger partial charge is 0.0689 e. The fourth-order valence-electron chi connectivity index (χ4n) is 0.684. The van der Waals surface area contributed by atoms with E-state index in [0.29, 0.717) is 18.8 Å². The number of hydrogen-bond acceptors (Lipinski definition) is 2. The number of rotatable bonds is 6. The Morgan fingerprint density at radius 2 is 1.92 bits per heavy atom. The highest BCUT2D eigenvalue weighted by atomic mass is 16.5. The Morgan fingerprint density at radius 1 is 1.33 bits per heavy atom. The van der Waals surface area contributed by atoms with Gasteiger partial charge in [0.15, 0.2) is 0 Å². The van der Waals surface area contributed by atoms with Crippen LogP contribution in [0.2, 0.25) is 0 Å². The van der Waals surface area contributed by atoms with Gasteiger partial charge in [0.1, 0.15) is 0 Å². The molecule has 0 aromatic carbocycles. The molecule has 0 bridgehead atoms. The summed E-state index contributed by atoms with van der Waals surface area (Å²) in [5.74, 6) is 0. The van der Waals surface area contributed by atoms with Crippen molar-refractivity contribution in [3.63, 3.8) is 0 Å². The summed E-state index contributed by atoms with van der Waals surface area (Å²) >= 11 is 0. The fraction of sp³-hybridized carbons (Fsp3) is 0.800. The zero-order valence-corrected chi connectivity index (χ0v) is 8.68. The summed E-state index contributed by atoms with van der Waals surface area (Å²) in [5, 5.41) is 3.29. The van der Waals surface area contributed by atoms with Crippen molar-refractivity contribution in [3.05, 3.63) is 12.2 Å². The first-order chi connectivity index (χ1) is 5.52. The maximum Gasteiger partial charge on any atom is 0.0689 e. The molecule has 0 unspecified atom stereocenters. The van der Waals surface area contributed by atoms with Crippen molar-refractivity contribution < 1.29 is 4.74 Å². The van der Waals surface area contributed by atoms with Gasteiger partial charge in [0.25, 0.3) is 0 Å². The van der Waals surface area contributed by atoms with Gasteiger partial charge in [-0.1, -0.05) is 20.4 Å². The minimum absolute atomic E-state index is 0.292. The Kier molecular flexibility index (Phi) is 6.03. The second-order valence-corrected chi connectivity index (χ2v) is 3.65. The van der Waals surface area contributed by atoms with E-state index in [-0.39, 0.29) is 0 Å². The van der Waals surface area contributed by atoms with E-state index in [0.717, 1.165) is 12.1 Å². The summed E-state index contributed by atoms with van der Waals surface area (Å²) in [6, 6.07) is 0.515. The maximum atomic E-state index is 5.40. The lowest BCUT2D eigenvalue weighted by Crippen LogP contribution is -2.26. The average molecular weight is 171 g/mol. The molecule has 0 aliphatic heterocycles. The van der Waals surface area contributed by atoms with Crippen molar-refractivity contribution in [2.45, 2.75) is 39.8 Å². The van der Waals surface area contributed by atoms with E-state index >= 15 is 0 Å². The Balaban J connectivity index is 3.34. The predicted molar refractivity (Wildman–Crippen MR) is 53.4 cm³/mol. The highest BCUT2D eigenvalue weighted by molar-refractivity contribution is 4.97. The minimum Gasteiger partial charge on any atom is -0.374 e. The monoisotopic (exact) mass is 171 g/mol. The zero-order valence-electron chi connectivity index (χ0n) is 8.68. The summed E-state index contributed by atoms with van der Waals surface area (Å²) in [4.78, 5) is 0. The average Bonchev–Trinajstić information content (AvgIpc) is 1.96. The van der Waals surface area contributed by atoms with Crippen LogP contribution in [0.1, 0.15) is 27.7 Å². The van der Waals surface area contributed by atoms with Crippen molar-refractivity contribution in [2.75, 3.05) is 13.2 Å². The van der Waals surface area contributed by atoms with Crippen molar-refractivity contribution in [3.8, 4) is 0 Å². The molecule has 0 heterocycles. The van der Waals surface area contributed by atoms with Gasteiger partial charge in [-0.2, -0.15) is 0 Å². The molecule has 2 heteroatoms. The van der Waals surface area contributed by atoms with Crippen LogP contribution in [0.15, 0.2) is 12.2 Å². The zero-order chi connectivity index (χ0) is 9.56. The molecular formula is C10H21NO. The SMILES string of the molecule is C=C(CNC(C)C)COC(C)C. The molecule has 0 atom stereocenters. The van der Waals surface area contributed by atoms with Crippen LogP contribution in [0.4, 0.5) is 0 Å². The normalized spacial score (nSPS) is 11.2. The number of hydrogen-bond donors (Lipinski definition) is 1. The summed E-state index contributed by atoms with van der Waals surface area (Å²) in [5.41, 5.74) is 1.11. The molecule has 1 N–H and O–H groups in total. The summed E-state index contributed by atoms with van der Waals surface area (Å²) in [7, 11) is 0. The second kappa shape index (κ2) is 6.21. The van der Waals surface area contributed by atoms with Crippen molar-refractivity contribution in [2.24, 2.45) is 0 Å². The lowest BCUT2D eigenvalue weighted by atomic mass is 10.3. The van der Waals surface area contributed by atoms with Crippen LogP contribution in [0, 0.1) is 0 Å². The molecule has 0 amide bonds. The van der Waals surface area contributed by atoms with E-state index in [4.69, 9.17) is 4.74 Å². The van der Waals surface area contributed by atoms with Crippen molar-refractivity contribution >= 4 is 0 Å². The number of ether oxygens (including phenoxy) is 1. The molecule has 0 aromatic rings. The topological polar surface area (TPSA) is 21.3 Å². The Labute approximate surface area is 76.0 Å². The largest absolute Gasteiger partial charge is 0.374 e. The summed E-state index contributed by atoms with van der Waals surface area (Å²) in [6.07, 6.45) is 0.292. The first-order valence-corrected chi connectivity index (χ1v) is 4.54. The molecule has 0 rings (SSSR count). The molecule has 0 radical (unpaired) electrons. The van der Waals surface area contributed by atoms with Crippen LogP contribution in [-0.4, -0.2) is 25.3 Å². The second-order valence-electron chi connectivity index (χ2n) is 3.65. The van der Waals surface area contributed by atoms with Gasteiger partial charge in [0.05, 0.1) is 12.7 Å². The Bertz CT molecular complexity index is 116. The Hall–Kier alpha value is -0.340. The molecule has 0 aliphatic rings. The molecule has 0 saturated heterocycles. The van der Waals surface area contributed by atoms with Gasteiger partial charge in [0, 0.05) is 12.6 Å². The molecular weight excluding hydrogens is 150 g/mol. The molecule has 0 fully saturated rings. The van der Waals surface area contributed by atoms with Crippen LogP contribution < -0.4 is 5.32 Å². The molecule has 2 nitrogen and oxygen atoms in total. The van der Waals surface area contributed by atoms with E-state index in [1.807, 2.05) is 13.8 Å². The van der Waals surface area contributed by atoms with Crippen LogP contribution in [0.3, 0.4) is 0 Å².